The number of rotatable bonds is 4. The lowest BCUT2D eigenvalue weighted by Crippen LogP contribution is -2.45. The third-order valence-corrected chi connectivity index (χ3v) is 6.57. The van der Waals surface area contributed by atoms with Gasteiger partial charge < -0.3 is 4.74 Å². The number of morpholine rings is 1. The number of nitriles is 1. The van der Waals surface area contributed by atoms with Crippen molar-refractivity contribution in [1.29, 1.82) is 5.26 Å². The minimum atomic E-state index is -3.51. The van der Waals surface area contributed by atoms with Crippen LogP contribution in [0.25, 0.3) is 0 Å². The summed E-state index contributed by atoms with van der Waals surface area (Å²) in [4.78, 5) is 0. The monoisotopic (exact) mass is 324 g/mol. The predicted octanol–water partition coefficient (Wildman–Crippen LogP) is 1.03. The molecule has 1 aliphatic carbocycles. The summed E-state index contributed by atoms with van der Waals surface area (Å²) in [5.74, 6) is -0.0943. The molecule has 7 nitrogen and oxygen atoms in total. The second kappa shape index (κ2) is 5.33. The fourth-order valence-electron chi connectivity index (χ4n) is 3.07. The second-order valence-electron chi connectivity index (χ2n) is 6.20. The Bertz CT molecular complexity index is 695. The first-order chi connectivity index (χ1) is 10.4. The smallest absolute Gasteiger partial charge is 0.216 e. The van der Waals surface area contributed by atoms with Crippen LogP contribution in [0.1, 0.15) is 35.8 Å². The van der Waals surface area contributed by atoms with Gasteiger partial charge in [0.15, 0.2) is 0 Å². The van der Waals surface area contributed by atoms with E-state index >= 15 is 0 Å². The Balaban J connectivity index is 1.92. The summed E-state index contributed by atoms with van der Waals surface area (Å²) in [7, 11) is -3.51. The summed E-state index contributed by atoms with van der Waals surface area (Å²) in [5, 5.41) is 16.2. The molecular weight excluding hydrogens is 304 g/mol. The minimum absolute atomic E-state index is 0.0943. The summed E-state index contributed by atoms with van der Waals surface area (Å²) in [6.45, 7) is 4.76. The molecule has 1 aromatic rings. The molecule has 0 spiro atoms. The van der Waals surface area contributed by atoms with Crippen LogP contribution in [0.3, 0.4) is 0 Å². The number of H-pyrrole nitrogens is 1. The molecule has 1 atom stereocenters. The van der Waals surface area contributed by atoms with Gasteiger partial charge in [0.2, 0.25) is 10.0 Å². The van der Waals surface area contributed by atoms with Crippen LogP contribution in [-0.2, 0) is 14.8 Å². The van der Waals surface area contributed by atoms with Crippen LogP contribution >= 0.6 is 0 Å². The van der Waals surface area contributed by atoms with E-state index in [-0.39, 0.29) is 11.8 Å². The van der Waals surface area contributed by atoms with Gasteiger partial charge in [-0.15, -0.1) is 0 Å². The Morgan fingerprint density at radius 2 is 2.23 bits per heavy atom. The summed E-state index contributed by atoms with van der Waals surface area (Å²) in [5.41, 5.74) is 1.84. The van der Waals surface area contributed by atoms with Crippen LogP contribution in [0.15, 0.2) is 0 Å². The van der Waals surface area contributed by atoms with Crippen molar-refractivity contribution in [2.75, 3.05) is 25.5 Å². The van der Waals surface area contributed by atoms with Crippen molar-refractivity contribution in [1.82, 2.24) is 14.5 Å². The molecule has 2 fully saturated rings. The van der Waals surface area contributed by atoms with Crippen molar-refractivity contribution in [2.45, 2.75) is 32.7 Å². The highest BCUT2D eigenvalue weighted by Crippen LogP contribution is 2.47. The number of nitrogens with zero attached hydrogens (tertiary/aromatic N) is 3. The Labute approximate surface area is 130 Å². The first-order valence-electron chi connectivity index (χ1n) is 7.38. The van der Waals surface area contributed by atoms with Crippen molar-refractivity contribution in [2.24, 2.45) is 5.41 Å². The third-order valence-electron chi connectivity index (χ3n) is 4.50. The predicted molar refractivity (Wildman–Crippen MR) is 79.4 cm³/mol. The van der Waals surface area contributed by atoms with Gasteiger partial charge in [0.25, 0.3) is 0 Å². The maximum absolute atomic E-state index is 12.8. The van der Waals surface area contributed by atoms with E-state index in [1.807, 2.05) is 13.8 Å². The number of hydrogen-bond acceptors (Lipinski definition) is 5. The summed E-state index contributed by atoms with van der Waals surface area (Å²) in [6, 6.07) is 1.80. The lowest BCUT2D eigenvalue weighted by molar-refractivity contribution is 0.0315. The molecular formula is C14H20N4O3S. The molecule has 0 radical (unpaired) electrons. The summed E-state index contributed by atoms with van der Waals surface area (Å²) >= 11 is 0. The van der Waals surface area contributed by atoms with E-state index in [0.29, 0.717) is 32.6 Å². The largest absolute Gasteiger partial charge is 0.378 e. The van der Waals surface area contributed by atoms with Crippen molar-refractivity contribution in [3.05, 3.63) is 17.0 Å². The average molecular weight is 324 g/mol. The van der Waals surface area contributed by atoms with Crippen LogP contribution in [0.5, 0.6) is 0 Å². The van der Waals surface area contributed by atoms with Crippen molar-refractivity contribution < 1.29 is 13.2 Å². The first kappa shape index (κ1) is 15.5. The van der Waals surface area contributed by atoms with Gasteiger partial charge in [0.05, 0.1) is 42.2 Å². The van der Waals surface area contributed by atoms with Gasteiger partial charge in [-0.25, -0.2) is 8.42 Å². The van der Waals surface area contributed by atoms with Crippen molar-refractivity contribution in [3.63, 3.8) is 0 Å². The van der Waals surface area contributed by atoms with Gasteiger partial charge in [-0.2, -0.15) is 14.7 Å². The Hall–Kier alpha value is -1.43. The van der Waals surface area contributed by atoms with Gasteiger partial charge in [-0.1, -0.05) is 0 Å². The fourth-order valence-corrected chi connectivity index (χ4v) is 5.19. The molecule has 22 heavy (non-hydrogen) atoms. The lowest BCUT2D eigenvalue weighted by Gasteiger charge is -2.35. The molecule has 120 valence electrons. The molecule has 0 bridgehead atoms. The molecule has 1 N–H and O–H groups in total. The molecule has 0 amide bonds. The Morgan fingerprint density at radius 3 is 2.77 bits per heavy atom. The molecule has 2 aliphatic rings. The van der Waals surface area contributed by atoms with Crippen molar-refractivity contribution >= 4 is 10.0 Å². The van der Waals surface area contributed by atoms with E-state index in [2.05, 4.69) is 16.3 Å². The summed E-state index contributed by atoms with van der Waals surface area (Å²) < 4.78 is 32.6. The number of ether oxygens (including phenoxy) is 1. The molecule has 1 saturated heterocycles. The van der Waals surface area contributed by atoms with Crippen LogP contribution in [-0.4, -0.2) is 48.4 Å². The Kier molecular flexibility index (Phi) is 3.75. The van der Waals surface area contributed by atoms with E-state index in [1.165, 1.54) is 4.31 Å². The normalized spacial score (nSPS) is 24.9. The van der Waals surface area contributed by atoms with Gasteiger partial charge in [-0.05, 0) is 26.7 Å². The molecule has 3 rings (SSSR count). The SMILES string of the molecule is Cc1n[nH]c(C)c1C1COCCN1S(=O)(=O)CC1(C#N)CC1. The number of aromatic amines is 1. The maximum atomic E-state index is 12.8. The lowest BCUT2D eigenvalue weighted by atomic mass is 10.1. The molecule has 1 aliphatic heterocycles. The van der Waals surface area contributed by atoms with Gasteiger partial charge in [0, 0.05) is 17.8 Å². The zero-order valence-electron chi connectivity index (χ0n) is 12.8. The standard InChI is InChI=1S/C14H20N4O3S/c1-10-13(11(2)17-16-10)12-7-21-6-5-18(12)22(19,20)9-14(8-15)3-4-14/h12H,3-7,9H2,1-2H3,(H,16,17). The van der Waals surface area contributed by atoms with E-state index in [9.17, 15) is 13.7 Å². The topological polar surface area (TPSA) is 99.1 Å². The van der Waals surface area contributed by atoms with Crippen LogP contribution in [0, 0.1) is 30.6 Å². The molecule has 1 saturated carbocycles. The molecule has 8 heteroatoms. The Morgan fingerprint density at radius 1 is 1.50 bits per heavy atom. The van der Waals surface area contributed by atoms with E-state index in [1.54, 1.807) is 0 Å². The van der Waals surface area contributed by atoms with Crippen molar-refractivity contribution in [3.8, 4) is 6.07 Å². The second-order valence-corrected chi connectivity index (χ2v) is 8.12. The highest BCUT2D eigenvalue weighted by atomic mass is 32.2. The van der Waals surface area contributed by atoms with E-state index < -0.39 is 15.4 Å². The zero-order valence-corrected chi connectivity index (χ0v) is 13.6. The number of hydrogen-bond donors (Lipinski definition) is 1. The van der Waals surface area contributed by atoms with Crippen LogP contribution in [0.4, 0.5) is 0 Å². The molecule has 1 aromatic heterocycles. The number of nitrogens with one attached hydrogen (secondary N) is 1. The maximum Gasteiger partial charge on any atom is 0.216 e. The number of sulfonamides is 1. The quantitative estimate of drug-likeness (QED) is 0.892. The van der Waals surface area contributed by atoms with Gasteiger partial charge >= 0.3 is 0 Å². The van der Waals surface area contributed by atoms with Crippen LogP contribution < -0.4 is 0 Å². The third kappa shape index (κ3) is 2.64. The average Bonchev–Trinajstić information content (AvgIpc) is 3.17. The van der Waals surface area contributed by atoms with Crippen LogP contribution in [0.2, 0.25) is 0 Å². The molecule has 0 aromatic carbocycles. The zero-order chi connectivity index (χ0) is 16.0. The molecule has 2 heterocycles. The first-order valence-corrected chi connectivity index (χ1v) is 8.99. The number of aryl methyl sites for hydroxylation is 2. The van der Waals surface area contributed by atoms with E-state index in [4.69, 9.17) is 4.74 Å². The van der Waals surface area contributed by atoms with Gasteiger partial charge in [0.1, 0.15) is 0 Å². The summed E-state index contributed by atoms with van der Waals surface area (Å²) in [6.07, 6.45) is 1.34. The van der Waals surface area contributed by atoms with E-state index in [0.717, 1.165) is 17.0 Å². The fraction of sp³-hybridized carbons (Fsp3) is 0.714. The molecule has 1 unspecified atom stereocenters. The highest BCUT2D eigenvalue weighted by Gasteiger charge is 2.49. The van der Waals surface area contributed by atoms with Gasteiger partial charge in [-0.3, -0.25) is 5.10 Å². The highest BCUT2D eigenvalue weighted by molar-refractivity contribution is 7.89. The number of aromatic nitrogens is 2. The minimum Gasteiger partial charge on any atom is -0.378 e.